The first-order valence-corrected chi connectivity index (χ1v) is 4.50. The highest BCUT2D eigenvalue weighted by molar-refractivity contribution is 4.51. The molecule has 11 heavy (non-hydrogen) atoms. The van der Waals surface area contributed by atoms with Gasteiger partial charge in [0.05, 0.1) is 0 Å². The molecule has 1 aliphatic rings. The second-order valence-electron chi connectivity index (χ2n) is 3.18. The van der Waals surface area contributed by atoms with E-state index >= 15 is 0 Å². The first-order chi connectivity index (χ1) is 4.50. The van der Waals surface area contributed by atoms with E-state index in [4.69, 9.17) is 0 Å². The van der Waals surface area contributed by atoms with Gasteiger partial charge < -0.3 is 0 Å². The standard InChI is InChI=1S/C9H18.2CH4/c1-2-4-6-8-9-7-5-3-1;;/h1-9H2;2*1H4. The van der Waals surface area contributed by atoms with Gasteiger partial charge in [-0.2, -0.15) is 0 Å². The minimum Gasteiger partial charge on any atom is -0.0776 e. The highest BCUT2D eigenvalue weighted by Crippen LogP contribution is 2.15. The molecule has 0 spiro atoms. The SMILES string of the molecule is C.C.C1CCCCCCCC1. The van der Waals surface area contributed by atoms with Crippen LogP contribution in [0.2, 0.25) is 0 Å². The molecule has 0 N–H and O–H groups in total. The van der Waals surface area contributed by atoms with E-state index in [2.05, 4.69) is 0 Å². The first kappa shape index (κ1) is 13.6. The van der Waals surface area contributed by atoms with E-state index in [9.17, 15) is 0 Å². The van der Waals surface area contributed by atoms with Crippen LogP contribution in [0.5, 0.6) is 0 Å². The third-order valence-corrected chi connectivity index (χ3v) is 2.25. The van der Waals surface area contributed by atoms with Gasteiger partial charge >= 0.3 is 0 Å². The predicted octanol–water partition coefficient (Wildman–Crippen LogP) is 4.78. The lowest BCUT2D eigenvalue weighted by Gasteiger charge is -1.93. The molecule has 0 aromatic rings. The molecule has 0 nitrogen and oxygen atoms in total. The van der Waals surface area contributed by atoms with Crippen molar-refractivity contribution in [2.75, 3.05) is 0 Å². The van der Waals surface area contributed by atoms with E-state index in [-0.39, 0.29) is 14.9 Å². The Morgan fingerprint density at radius 1 is 0.273 bits per heavy atom. The van der Waals surface area contributed by atoms with Gasteiger partial charge in [-0.05, 0) is 0 Å². The summed E-state index contributed by atoms with van der Waals surface area (Å²) in [4.78, 5) is 0. The van der Waals surface area contributed by atoms with Crippen molar-refractivity contribution in [3.8, 4) is 0 Å². The molecule has 0 heteroatoms. The van der Waals surface area contributed by atoms with Crippen LogP contribution in [0, 0.1) is 0 Å². The van der Waals surface area contributed by atoms with E-state index in [0.717, 1.165) is 0 Å². The Labute approximate surface area is 73.4 Å². The number of hydrogen-bond donors (Lipinski definition) is 0. The monoisotopic (exact) mass is 158 g/mol. The summed E-state index contributed by atoms with van der Waals surface area (Å²) < 4.78 is 0. The zero-order chi connectivity index (χ0) is 6.36. The van der Waals surface area contributed by atoms with Crippen molar-refractivity contribution in [1.29, 1.82) is 0 Å². The fourth-order valence-corrected chi connectivity index (χ4v) is 1.59. The van der Waals surface area contributed by atoms with Gasteiger partial charge in [0.2, 0.25) is 0 Å². The summed E-state index contributed by atoms with van der Waals surface area (Å²) in [5.74, 6) is 0. The summed E-state index contributed by atoms with van der Waals surface area (Å²) >= 11 is 0. The fraction of sp³-hybridized carbons (Fsp3) is 1.00. The number of rotatable bonds is 0. The van der Waals surface area contributed by atoms with Crippen molar-refractivity contribution in [2.45, 2.75) is 72.6 Å². The lowest BCUT2D eigenvalue weighted by atomic mass is 10.1. The molecular formula is C11H26. The van der Waals surface area contributed by atoms with Crippen LogP contribution in [-0.4, -0.2) is 0 Å². The minimum atomic E-state index is 0. The molecule has 0 saturated heterocycles. The Bertz CT molecular complexity index is 28.5. The molecule has 0 aromatic carbocycles. The van der Waals surface area contributed by atoms with Crippen molar-refractivity contribution in [1.82, 2.24) is 0 Å². The van der Waals surface area contributed by atoms with E-state index < -0.39 is 0 Å². The van der Waals surface area contributed by atoms with Gasteiger partial charge in [0.25, 0.3) is 0 Å². The van der Waals surface area contributed by atoms with Crippen molar-refractivity contribution in [3.05, 3.63) is 0 Å². The molecule has 70 valence electrons. The maximum atomic E-state index is 1.50. The van der Waals surface area contributed by atoms with Crippen LogP contribution in [0.4, 0.5) is 0 Å². The van der Waals surface area contributed by atoms with Crippen molar-refractivity contribution in [3.63, 3.8) is 0 Å². The Morgan fingerprint density at radius 3 is 0.455 bits per heavy atom. The van der Waals surface area contributed by atoms with E-state index in [1.807, 2.05) is 0 Å². The summed E-state index contributed by atoms with van der Waals surface area (Å²) in [5, 5.41) is 0. The fourth-order valence-electron chi connectivity index (χ4n) is 1.59. The quantitative estimate of drug-likeness (QED) is 0.476. The predicted molar refractivity (Wildman–Crippen MR) is 55.0 cm³/mol. The summed E-state index contributed by atoms with van der Waals surface area (Å²) in [7, 11) is 0. The van der Waals surface area contributed by atoms with Gasteiger partial charge in [0.15, 0.2) is 0 Å². The Morgan fingerprint density at radius 2 is 0.364 bits per heavy atom. The molecule has 0 radical (unpaired) electrons. The van der Waals surface area contributed by atoms with E-state index in [0.29, 0.717) is 0 Å². The molecular weight excluding hydrogens is 132 g/mol. The molecule has 0 aromatic heterocycles. The van der Waals surface area contributed by atoms with Gasteiger partial charge in [-0.25, -0.2) is 0 Å². The third kappa shape index (κ3) is 7.90. The first-order valence-electron chi connectivity index (χ1n) is 4.50. The van der Waals surface area contributed by atoms with Crippen LogP contribution < -0.4 is 0 Å². The molecule has 0 amide bonds. The van der Waals surface area contributed by atoms with Gasteiger partial charge in [-0.15, -0.1) is 0 Å². The molecule has 1 saturated carbocycles. The molecule has 0 atom stereocenters. The van der Waals surface area contributed by atoms with Crippen LogP contribution in [-0.2, 0) is 0 Å². The smallest absolute Gasteiger partial charge is 0.0533 e. The third-order valence-electron chi connectivity index (χ3n) is 2.25. The average Bonchev–Trinajstić information content (AvgIpc) is 2.00. The molecule has 0 unspecified atom stereocenters. The van der Waals surface area contributed by atoms with Gasteiger partial charge in [0, 0.05) is 0 Å². The van der Waals surface area contributed by atoms with Crippen LogP contribution >= 0.6 is 0 Å². The zero-order valence-electron chi connectivity index (χ0n) is 6.36. The molecule has 1 fully saturated rings. The highest BCUT2D eigenvalue weighted by Gasteiger charge is 1.95. The van der Waals surface area contributed by atoms with Crippen LogP contribution in [0.3, 0.4) is 0 Å². The average molecular weight is 158 g/mol. The lowest BCUT2D eigenvalue weighted by Crippen LogP contribution is -1.73. The Kier molecular flexibility index (Phi) is 12.3. The van der Waals surface area contributed by atoms with E-state index in [1.54, 1.807) is 0 Å². The molecule has 1 rings (SSSR count). The lowest BCUT2D eigenvalue weighted by molar-refractivity contribution is 0.624. The second kappa shape index (κ2) is 10.0. The van der Waals surface area contributed by atoms with Crippen LogP contribution in [0.25, 0.3) is 0 Å². The highest BCUT2D eigenvalue weighted by atomic mass is 14.0. The van der Waals surface area contributed by atoms with Crippen molar-refractivity contribution >= 4 is 0 Å². The normalized spacial score (nSPS) is 19.6. The van der Waals surface area contributed by atoms with Gasteiger partial charge in [-0.3, -0.25) is 0 Å². The second-order valence-corrected chi connectivity index (χ2v) is 3.18. The summed E-state index contributed by atoms with van der Waals surface area (Å²) in [6.07, 6.45) is 13.5. The summed E-state index contributed by atoms with van der Waals surface area (Å²) in [6.45, 7) is 0. The Hall–Kier alpha value is 0. The minimum absolute atomic E-state index is 0. The summed E-state index contributed by atoms with van der Waals surface area (Å²) in [5.41, 5.74) is 0. The summed E-state index contributed by atoms with van der Waals surface area (Å²) in [6, 6.07) is 0. The molecule has 1 aliphatic carbocycles. The zero-order valence-corrected chi connectivity index (χ0v) is 6.36. The molecule has 0 heterocycles. The van der Waals surface area contributed by atoms with Crippen molar-refractivity contribution in [2.24, 2.45) is 0 Å². The maximum Gasteiger partial charge on any atom is -0.0533 e. The molecule has 0 bridgehead atoms. The van der Waals surface area contributed by atoms with Gasteiger partial charge in [-0.1, -0.05) is 72.6 Å². The Balaban J connectivity index is 0. The van der Waals surface area contributed by atoms with Crippen LogP contribution in [0.1, 0.15) is 72.6 Å². The molecule has 0 aliphatic heterocycles. The van der Waals surface area contributed by atoms with Gasteiger partial charge in [0.1, 0.15) is 0 Å². The topological polar surface area (TPSA) is 0 Å². The largest absolute Gasteiger partial charge is 0.0776 e. The van der Waals surface area contributed by atoms with Crippen molar-refractivity contribution < 1.29 is 0 Å². The number of hydrogen-bond acceptors (Lipinski definition) is 0. The maximum absolute atomic E-state index is 1.50. The van der Waals surface area contributed by atoms with E-state index in [1.165, 1.54) is 57.8 Å². The van der Waals surface area contributed by atoms with Crippen LogP contribution in [0.15, 0.2) is 0 Å².